The fourth-order valence-electron chi connectivity index (χ4n) is 6.84. The number of fused-ring (bicyclic) bond motifs is 7. The lowest BCUT2D eigenvalue weighted by molar-refractivity contribution is 0.592. The largest absolute Gasteiger partial charge is 0.309 e. The molecule has 0 bridgehead atoms. The van der Waals surface area contributed by atoms with Crippen LogP contribution in [0.4, 0.5) is 0 Å². The Balaban J connectivity index is 1.13. The van der Waals surface area contributed by atoms with Gasteiger partial charge in [0.25, 0.3) is 0 Å². The Morgan fingerprint density at radius 1 is 0.426 bits per heavy atom. The predicted molar refractivity (Wildman–Crippen MR) is 202 cm³/mol. The molecule has 222 valence electrons. The molecule has 0 N–H and O–H groups in total. The third-order valence-corrected chi connectivity index (χ3v) is 13.5. The number of rotatable bonds is 5. The molecule has 0 aliphatic carbocycles. The zero-order valence-electron chi connectivity index (χ0n) is 25.4. The Morgan fingerprint density at radius 3 is 1.62 bits per heavy atom. The van der Waals surface area contributed by atoms with Gasteiger partial charge in [-0.2, -0.15) is 0 Å². The van der Waals surface area contributed by atoms with Gasteiger partial charge in [-0.1, -0.05) is 158 Å². The molecule has 0 saturated heterocycles. The second-order valence-corrected chi connectivity index (χ2v) is 15.7. The Hall–Kier alpha value is -5.34. The summed E-state index contributed by atoms with van der Waals surface area (Å²) in [6.07, 6.45) is 0. The van der Waals surface area contributed by atoms with E-state index in [2.05, 4.69) is 97.1 Å². The predicted octanol–water partition coefficient (Wildman–Crippen LogP) is 10.7. The Kier molecular flexibility index (Phi) is 6.64. The van der Waals surface area contributed by atoms with Gasteiger partial charge in [-0.25, -0.2) is 4.98 Å². The van der Waals surface area contributed by atoms with E-state index in [1.807, 2.05) is 84.1 Å². The van der Waals surface area contributed by atoms with Crippen LogP contribution < -0.4 is 15.9 Å². The van der Waals surface area contributed by atoms with Crippen molar-refractivity contribution in [1.29, 1.82) is 0 Å². The van der Waals surface area contributed by atoms with Crippen LogP contribution in [0.1, 0.15) is 0 Å². The average Bonchev–Trinajstić information content (AvgIpc) is 3.54. The minimum absolute atomic E-state index is 0.828. The number of benzene rings is 7. The highest BCUT2D eigenvalue weighted by molar-refractivity contribution is 7.85. The van der Waals surface area contributed by atoms with Gasteiger partial charge in [0, 0.05) is 57.8 Å². The first-order valence-electron chi connectivity index (χ1n) is 15.7. The number of pyridine rings is 1. The normalized spacial score (nSPS) is 11.9. The molecule has 47 heavy (non-hydrogen) atoms. The number of hydrogen-bond donors (Lipinski definition) is 0. The molecule has 9 rings (SSSR count). The second kappa shape index (κ2) is 11.2. The Bertz CT molecular complexity index is 2580. The van der Waals surface area contributed by atoms with Crippen LogP contribution >= 0.6 is 18.5 Å². The highest BCUT2D eigenvalue weighted by Gasteiger charge is 2.29. The lowest BCUT2D eigenvalue weighted by Gasteiger charge is -2.20. The van der Waals surface area contributed by atoms with Crippen LogP contribution in [0.5, 0.6) is 0 Å². The van der Waals surface area contributed by atoms with Gasteiger partial charge in [0.15, 0.2) is 7.14 Å². The molecule has 0 saturated carbocycles. The van der Waals surface area contributed by atoms with E-state index in [4.69, 9.17) is 4.98 Å². The number of para-hydroxylation sites is 1. The van der Waals surface area contributed by atoms with E-state index in [0.717, 1.165) is 49.2 Å². The zero-order valence-corrected chi connectivity index (χ0v) is 27.1. The summed E-state index contributed by atoms with van der Waals surface area (Å²) in [4.78, 5) is 5.21. The van der Waals surface area contributed by atoms with Crippen LogP contribution in [0.15, 0.2) is 170 Å². The SMILES string of the molecule is O=P(c1ccccc1)(c1ccccc1)c1ccc(-c2ccc(-c3nc4ccccc4c4c3ccc3c5ccccc5sc34)cc2)cc1. The first-order valence-corrected chi connectivity index (χ1v) is 18.3. The molecule has 0 radical (unpaired) electrons. The van der Waals surface area contributed by atoms with Crippen LogP contribution in [-0.2, 0) is 4.57 Å². The molecule has 2 heterocycles. The topological polar surface area (TPSA) is 30.0 Å². The maximum Gasteiger partial charge on any atom is 0.171 e. The van der Waals surface area contributed by atoms with Crippen molar-refractivity contribution in [2.45, 2.75) is 0 Å². The minimum Gasteiger partial charge on any atom is -0.309 e. The molecule has 7 aromatic carbocycles. The molecule has 2 aromatic heterocycles. The monoisotopic (exact) mass is 637 g/mol. The van der Waals surface area contributed by atoms with Gasteiger partial charge < -0.3 is 4.57 Å². The van der Waals surface area contributed by atoms with Crippen LogP contribution in [-0.4, -0.2) is 4.98 Å². The van der Waals surface area contributed by atoms with Gasteiger partial charge in [0.05, 0.1) is 11.2 Å². The van der Waals surface area contributed by atoms with E-state index in [-0.39, 0.29) is 0 Å². The van der Waals surface area contributed by atoms with E-state index >= 15 is 0 Å². The van der Waals surface area contributed by atoms with Crippen molar-refractivity contribution in [2.24, 2.45) is 0 Å². The molecule has 0 aliphatic heterocycles. The maximum atomic E-state index is 14.8. The summed E-state index contributed by atoms with van der Waals surface area (Å²) in [6, 6.07) is 58.2. The van der Waals surface area contributed by atoms with E-state index in [0.29, 0.717) is 0 Å². The maximum absolute atomic E-state index is 14.8. The summed E-state index contributed by atoms with van der Waals surface area (Å²) in [7, 11) is -3.01. The first kappa shape index (κ1) is 27.9. The van der Waals surface area contributed by atoms with Crippen molar-refractivity contribution in [3.05, 3.63) is 170 Å². The van der Waals surface area contributed by atoms with Gasteiger partial charge in [-0.3, -0.25) is 0 Å². The van der Waals surface area contributed by atoms with Crippen molar-refractivity contribution in [1.82, 2.24) is 4.98 Å². The van der Waals surface area contributed by atoms with Gasteiger partial charge in [0.1, 0.15) is 0 Å². The third kappa shape index (κ3) is 4.54. The Labute approximate surface area is 277 Å². The quantitative estimate of drug-likeness (QED) is 0.139. The summed E-state index contributed by atoms with van der Waals surface area (Å²) in [6.45, 7) is 0. The average molecular weight is 638 g/mol. The minimum atomic E-state index is -3.01. The molecule has 2 nitrogen and oxygen atoms in total. The van der Waals surface area contributed by atoms with Gasteiger partial charge in [-0.05, 0) is 23.3 Å². The summed E-state index contributed by atoms with van der Waals surface area (Å²) < 4.78 is 17.4. The molecule has 0 amide bonds. The molecular weight excluding hydrogens is 610 g/mol. The molecule has 4 heteroatoms. The number of nitrogens with zero attached hydrogens (tertiary/aromatic N) is 1. The van der Waals surface area contributed by atoms with Gasteiger partial charge in [-0.15, -0.1) is 11.3 Å². The van der Waals surface area contributed by atoms with Crippen molar-refractivity contribution >= 4 is 76.2 Å². The highest BCUT2D eigenvalue weighted by Crippen LogP contribution is 2.44. The van der Waals surface area contributed by atoms with Crippen molar-refractivity contribution < 1.29 is 4.57 Å². The Morgan fingerprint density at radius 2 is 0.936 bits per heavy atom. The smallest absolute Gasteiger partial charge is 0.171 e. The number of aromatic nitrogens is 1. The molecule has 9 aromatic rings. The highest BCUT2D eigenvalue weighted by atomic mass is 32.1. The molecule has 0 atom stereocenters. The van der Waals surface area contributed by atoms with Crippen molar-refractivity contribution in [3.63, 3.8) is 0 Å². The molecule has 0 aliphatic rings. The van der Waals surface area contributed by atoms with E-state index in [1.165, 1.54) is 30.9 Å². The van der Waals surface area contributed by atoms with Gasteiger partial charge in [0.2, 0.25) is 0 Å². The van der Waals surface area contributed by atoms with E-state index in [1.54, 1.807) is 0 Å². The van der Waals surface area contributed by atoms with E-state index in [9.17, 15) is 4.57 Å². The molecule has 0 fully saturated rings. The number of thiophene rings is 1. The van der Waals surface area contributed by atoms with Crippen LogP contribution in [0.2, 0.25) is 0 Å². The first-order chi connectivity index (χ1) is 23.2. The van der Waals surface area contributed by atoms with E-state index < -0.39 is 7.14 Å². The fraction of sp³-hybridized carbons (Fsp3) is 0. The van der Waals surface area contributed by atoms with Crippen LogP contribution in [0.25, 0.3) is 64.2 Å². The van der Waals surface area contributed by atoms with Crippen molar-refractivity contribution in [2.75, 3.05) is 0 Å². The summed E-state index contributed by atoms with van der Waals surface area (Å²) in [5.74, 6) is 0. The second-order valence-electron chi connectivity index (χ2n) is 11.8. The fourth-order valence-corrected chi connectivity index (χ4v) is 10.8. The summed E-state index contributed by atoms with van der Waals surface area (Å²) in [5, 5.41) is 8.72. The van der Waals surface area contributed by atoms with Crippen molar-refractivity contribution in [3.8, 4) is 22.4 Å². The summed E-state index contributed by atoms with van der Waals surface area (Å²) >= 11 is 1.86. The number of hydrogen-bond acceptors (Lipinski definition) is 3. The van der Waals surface area contributed by atoms with Gasteiger partial charge >= 0.3 is 0 Å². The molecule has 0 spiro atoms. The van der Waals surface area contributed by atoms with Crippen LogP contribution in [0, 0.1) is 0 Å². The molecular formula is C43H28NOPS. The lowest BCUT2D eigenvalue weighted by atomic mass is 9.97. The standard InChI is InChI=1S/C43H28NOPS/c45-46(32-11-3-1-4-12-32,33-13-5-2-6-14-33)34-25-23-30(24-26-34)29-19-21-31(22-20-29)42-38-28-27-36-35-15-8-10-18-40(35)47-43(36)41(38)37-16-7-9-17-39(37)44-42/h1-28H. The third-order valence-electron chi connectivity index (χ3n) is 9.17. The molecule has 0 unspecified atom stereocenters. The summed E-state index contributed by atoms with van der Waals surface area (Å²) in [5.41, 5.74) is 5.26. The van der Waals surface area contributed by atoms with Crippen LogP contribution in [0.3, 0.4) is 0 Å². The zero-order chi connectivity index (χ0) is 31.4. The lowest BCUT2D eigenvalue weighted by Crippen LogP contribution is -2.24.